The van der Waals surface area contributed by atoms with Crippen molar-refractivity contribution >= 4 is 32.0 Å². The molecule has 0 aliphatic carbocycles. The molecular formula is C10H17N5O4S2. The van der Waals surface area contributed by atoms with E-state index in [0.717, 1.165) is 23.9 Å². The Morgan fingerprint density at radius 1 is 1.43 bits per heavy atom. The number of hydrogen-bond donors (Lipinski definition) is 2. The van der Waals surface area contributed by atoms with Crippen LogP contribution in [0.15, 0.2) is 10.3 Å². The second-order valence-corrected chi connectivity index (χ2v) is 7.74. The summed E-state index contributed by atoms with van der Waals surface area (Å²) in [6.07, 6.45) is 0. The Morgan fingerprint density at radius 2 is 2.05 bits per heavy atom. The van der Waals surface area contributed by atoms with Gasteiger partial charge in [0.05, 0.1) is 4.92 Å². The Bertz CT molecular complexity index is 621. The maximum absolute atomic E-state index is 12.5. The van der Waals surface area contributed by atoms with E-state index in [2.05, 4.69) is 10.3 Å². The number of nitro groups is 1. The highest BCUT2D eigenvalue weighted by atomic mass is 32.2. The highest BCUT2D eigenvalue weighted by Gasteiger charge is 2.32. The summed E-state index contributed by atoms with van der Waals surface area (Å²) >= 11 is 0.774. The molecule has 118 valence electrons. The average Bonchev–Trinajstić information content (AvgIpc) is 2.92. The standard InChI is InChI=1S/C10H17N5O4S2/c1-2-13-3-5-14(6-4-13)21(18,19)9-7-8(15(16)17)10(12-11)20-9/h7,12H,2-6,11H2,1H3. The van der Waals surface area contributed by atoms with Crippen molar-refractivity contribution in [3.8, 4) is 0 Å². The smallest absolute Gasteiger partial charge is 0.306 e. The van der Waals surface area contributed by atoms with E-state index >= 15 is 0 Å². The molecule has 1 saturated heterocycles. The van der Waals surface area contributed by atoms with Gasteiger partial charge in [0.25, 0.3) is 10.0 Å². The number of likely N-dealkylation sites (N-methyl/N-ethyl adjacent to an activating group) is 1. The van der Waals surface area contributed by atoms with E-state index in [1.54, 1.807) is 0 Å². The topological polar surface area (TPSA) is 122 Å². The summed E-state index contributed by atoms with van der Waals surface area (Å²) in [6, 6.07) is 1.06. The fourth-order valence-corrected chi connectivity index (χ4v) is 4.95. The van der Waals surface area contributed by atoms with Crippen LogP contribution < -0.4 is 11.3 Å². The lowest BCUT2D eigenvalue weighted by Crippen LogP contribution is -2.48. The molecule has 0 atom stereocenters. The van der Waals surface area contributed by atoms with E-state index in [0.29, 0.717) is 26.2 Å². The van der Waals surface area contributed by atoms with Crippen molar-refractivity contribution in [2.45, 2.75) is 11.1 Å². The van der Waals surface area contributed by atoms with Gasteiger partial charge in [0.15, 0.2) is 5.00 Å². The molecule has 0 radical (unpaired) electrons. The molecule has 21 heavy (non-hydrogen) atoms. The first-order chi connectivity index (χ1) is 9.90. The van der Waals surface area contributed by atoms with Crippen molar-refractivity contribution < 1.29 is 13.3 Å². The lowest BCUT2D eigenvalue weighted by atomic mass is 10.4. The van der Waals surface area contributed by atoms with Gasteiger partial charge in [-0.05, 0) is 6.54 Å². The first-order valence-electron chi connectivity index (χ1n) is 6.37. The van der Waals surface area contributed by atoms with Crippen LogP contribution in [0.3, 0.4) is 0 Å². The number of nitrogen functional groups attached to an aromatic ring is 1. The van der Waals surface area contributed by atoms with E-state index in [1.807, 2.05) is 6.92 Å². The van der Waals surface area contributed by atoms with Gasteiger partial charge in [0, 0.05) is 32.2 Å². The Labute approximate surface area is 126 Å². The van der Waals surface area contributed by atoms with Crippen LogP contribution >= 0.6 is 11.3 Å². The summed E-state index contributed by atoms with van der Waals surface area (Å²) < 4.78 is 26.3. The van der Waals surface area contributed by atoms with Crippen LogP contribution in [0.25, 0.3) is 0 Å². The summed E-state index contributed by atoms with van der Waals surface area (Å²) in [6.45, 7) is 4.97. The second-order valence-electron chi connectivity index (χ2n) is 4.52. The summed E-state index contributed by atoms with van der Waals surface area (Å²) in [5.41, 5.74) is 1.85. The first kappa shape index (κ1) is 16.1. The molecule has 0 amide bonds. The molecule has 1 fully saturated rings. The fraction of sp³-hybridized carbons (Fsp3) is 0.600. The van der Waals surface area contributed by atoms with Gasteiger partial charge in [-0.1, -0.05) is 18.3 Å². The molecule has 1 aromatic rings. The van der Waals surface area contributed by atoms with Crippen LogP contribution in [-0.2, 0) is 10.0 Å². The van der Waals surface area contributed by atoms with Gasteiger partial charge in [-0.25, -0.2) is 14.3 Å². The summed E-state index contributed by atoms with van der Waals surface area (Å²) in [5.74, 6) is 5.20. The fourth-order valence-electron chi connectivity index (χ4n) is 2.14. The molecule has 0 spiro atoms. The zero-order chi connectivity index (χ0) is 15.6. The molecule has 0 saturated carbocycles. The number of anilines is 1. The van der Waals surface area contributed by atoms with Crippen LogP contribution in [0.2, 0.25) is 0 Å². The van der Waals surface area contributed by atoms with Crippen molar-refractivity contribution in [2.24, 2.45) is 5.84 Å². The van der Waals surface area contributed by atoms with E-state index < -0.39 is 14.9 Å². The monoisotopic (exact) mass is 335 g/mol. The Hall–Kier alpha value is -1.27. The Kier molecular flexibility index (Phi) is 4.78. The number of nitrogens with zero attached hydrogens (tertiary/aromatic N) is 3. The van der Waals surface area contributed by atoms with Crippen molar-refractivity contribution in [1.29, 1.82) is 0 Å². The normalized spacial score (nSPS) is 17.8. The first-order valence-corrected chi connectivity index (χ1v) is 8.63. The van der Waals surface area contributed by atoms with E-state index in [4.69, 9.17) is 5.84 Å². The molecule has 0 unspecified atom stereocenters. The quantitative estimate of drug-likeness (QED) is 0.450. The summed E-state index contributed by atoms with van der Waals surface area (Å²) in [7, 11) is -3.71. The molecule has 2 rings (SSSR count). The maximum Gasteiger partial charge on any atom is 0.306 e. The number of hydrogen-bond acceptors (Lipinski definition) is 8. The molecule has 11 heteroatoms. The lowest BCUT2D eigenvalue weighted by Gasteiger charge is -2.32. The van der Waals surface area contributed by atoms with Gasteiger partial charge in [-0.3, -0.25) is 10.1 Å². The van der Waals surface area contributed by atoms with Crippen LogP contribution in [0.5, 0.6) is 0 Å². The minimum Gasteiger partial charge on any atom is -0.310 e. The van der Waals surface area contributed by atoms with Crippen molar-refractivity contribution in [3.63, 3.8) is 0 Å². The maximum atomic E-state index is 12.5. The number of nitrogens with two attached hydrogens (primary N) is 1. The van der Waals surface area contributed by atoms with Gasteiger partial charge in [0.2, 0.25) is 0 Å². The van der Waals surface area contributed by atoms with Crippen molar-refractivity contribution in [1.82, 2.24) is 9.21 Å². The Balaban J connectivity index is 2.26. The Morgan fingerprint density at radius 3 is 2.48 bits per heavy atom. The SMILES string of the molecule is CCN1CCN(S(=O)(=O)c2cc([N+](=O)[O-])c(NN)s2)CC1. The number of sulfonamides is 1. The molecule has 0 bridgehead atoms. The van der Waals surface area contributed by atoms with Crippen LogP contribution in [0.4, 0.5) is 10.7 Å². The summed E-state index contributed by atoms with van der Waals surface area (Å²) in [5, 5.41) is 10.9. The van der Waals surface area contributed by atoms with Gasteiger partial charge in [-0.2, -0.15) is 4.31 Å². The minimum absolute atomic E-state index is 0.0331. The molecule has 9 nitrogen and oxygen atoms in total. The summed E-state index contributed by atoms with van der Waals surface area (Å²) in [4.78, 5) is 12.4. The predicted octanol–water partition coefficient (Wildman–Crippen LogP) is 0.268. The van der Waals surface area contributed by atoms with E-state index in [9.17, 15) is 18.5 Å². The number of rotatable bonds is 5. The zero-order valence-electron chi connectivity index (χ0n) is 11.5. The van der Waals surface area contributed by atoms with Gasteiger partial charge < -0.3 is 10.3 Å². The molecule has 1 aliphatic heterocycles. The predicted molar refractivity (Wildman–Crippen MR) is 79.7 cm³/mol. The van der Waals surface area contributed by atoms with Gasteiger partial charge in [0.1, 0.15) is 4.21 Å². The number of piperazine rings is 1. The lowest BCUT2D eigenvalue weighted by molar-refractivity contribution is -0.383. The third-order valence-electron chi connectivity index (χ3n) is 3.39. The van der Waals surface area contributed by atoms with Gasteiger partial charge in [-0.15, -0.1) is 0 Å². The minimum atomic E-state index is -3.71. The average molecular weight is 335 g/mol. The molecule has 1 aromatic heterocycles. The van der Waals surface area contributed by atoms with Crippen LogP contribution in [0, 0.1) is 10.1 Å². The highest BCUT2D eigenvalue weighted by Crippen LogP contribution is 2.37. The van der Waals surface area contributed by atoms with Crippen LogP contribution in [0.1, 0.15) is 6.92 Å². The van der Waals surface area contributed by atoms with Gasteiger partial charge >= 0.3 is 5.69 Å². The second kappa shape index (κ2) is 6.23. The molecule has 0 aromatic carbocycles. The molecule has 1 aliphatic rings. The zero-order valence-corrected chi connectivity index (χ0v) is 13.1. The highest BCUT2D eigenvalue weighted by molar-refractivity contribution is 7.91. The third kappa shape index (κ3) is 3.16. The largest absolute Gasteiger partial charge is 0.310 e. The van der Waals surface area contributed by atoms with E-state index in [-0.39, 0.29) is 14.9 Å². The van der Waals surface area contributed by atoms with Crippen molar-refractivity contribution in [2.75, 3.05) is 38.1 Å². The molecule has 3 N–H and O–H groups in total. The van der Waals surface area contributed by atoms with Crippen molar-refractivity contribution in [3.05, 3.63) is 16.2 Å². The third-order valence-corrected chi connectivity index (χ3v) is 6.79. The molecule has 2 heterocycles. The molecular weight excluding hydrogens is 318 g/mol. The van der Waals surface area contributed by atoms with Crippen LogP contribution in [-0.4, -0.2) is 55.3 Å². The number of nitrogens with one attached hydrogen (secondary N) is 1. The number of hydrazine groups is 1. The number of thiophene rings is 1. The van der Waals surface area contributed by atoms with E-state index in [1.165, 1.54) is 4.31 Å².